The number of carbonyl (C=O) groups is 1. The summed E-state index contributed by atoms with van der Waals surface area (Å²) >= 11 is 0. The molecule has 0 atom stereocenters. The van der Waals surface area contributed by atoms with Crippen molar-refractivity contribution in [3.63, 3.8) is 0 Å². The number of carbonyl (C=O) groups excluding carboxylic acids is 1. The van der Waals surface area contributed by atoms with Gasteiger partial charge in [-0.3, -0.25) is 4.79 Å². The summed E-state index contributed by atoms with van der Waals surface area (Å²) in [6.07, 6.45) is 3.99. The van der Waals surface area contributed by atoms with Crippen LogP contribution >= 0.6 is 0 Å². The summed E-state index contributed by atoms with van der Waals surface area (Å²) < 4.78 is 0. The number of amides is 1. The van der Waals surface area contributed by atoms with Crippen molar-refractivity contribution >= 4 is 23.0 Å². The lowest BCUT2D eigenvalue weighted by Crippen LogP contribution is -2.43. The summed E-state index contributed by atoms with van der Waals surface area (Å²) in [7, 11) is 0. The van der Waals surface area contributed by atoms with Gasteiger partial charge >= 0.3 is 0 Å². The molecule has 1 aromatic rings. The topological polar surface area (TPSA) is 87.4 Å². The third-order valence-corrected chi connectivity index (χ3v) is 4.06. The van der Waals surface area contributed by atoms with Gasteiger partial charge in [-0.25, -0.2) is 0 Å². The van der Waals surface area contributed by atoms with Crippen LogP contribution in [0, 0.1) is 0 Å². The molecule has 0 aromatic heterocycles. The molecular weight excluding hydrogens is 242 g/mol. The Morgan fingerprint density at radius 2 is 2.16 bits per heavy atom. The standard InChI is InChI=1S/C14H19N3O2/c15-10-6-9-2-3-13(18)17-11(9)7-12(10)16-8-14(19)4-1-5-14/h6-7,16,19H,1-5,8,15H2,(H,17,18). The van der Waals surface area contributed by atoms with Gasteiger partial charge in [-0.1, -0.05) is 0 Å². The molecule has 0 unspecified atom stereocenters. The Balaban J connectivity index is 1.77. The second-order valence-corrected chi connectivity index (χ2v) is 5.58. The molecule has 1 saturated carbocycles. The molecule has 2 aliphatic rings. The average molecular weight is 261 g/mol. The molecule has 5 N–H and O–H groups in total. The number of anilines is 3. The molecule has 1 amide bonds. The molecule has 1 heterocycles. The van der Waals surface area contributed by atoms with Crippen LogP contribution in [0.2, 0.25) is 0 Å². The Bertz CT molecular complexity index is 524. The van der Waals surface area contributed by atoms with E-state index in [-0.39, 0.29) is 5.91 Å². The number of benzene rings is 1. The Kier molecular flexibility index (Phi) is 2.86. The second kappa shape index (κ2) is 4.42. The van der Waals surface area contributed by atoms with Gasteiger partial charge in [0.25, 0.3) is 0 Å². The van der Waals surface area contributed by atoms with Gasteiger partial charge in [0.15, 0.2) is 0 Å². The van der Waals surface area contributed by atoms with Crippen LogP contribution in [0.15, 0.2) is 12.1 Å². The third kappa shape index (κ3) is 2.38. The van der Waals surface area contributed by atoms with Crippen LogP contribution in [-0.2, 0) is 11.2 Å². The van der Waals surface area contributed by atoms with Crippen molar-refractivity contribution in [2.75, 3.05) is 22.9 Å². The zero-order chi connectivity index (χ0) is 13.5. The van der Waals surface area contributed by atoms with Gasteiger partial charge < -0.3 is 21.5 Å². The van der Waals surface area contributed by atoms with E-state index in [0.717, 1.165) is 42.6 Å². The highest BCUT2D eigenvalue weighted by molar-refractivity contribution is 5.95. The lowest BCUT2D eigenvalue weighted by Gasteiger charge is -2.37. The maximum atomic E-state index is 11.4. The van der Waals surface area contributed by atoms with E-state index in [1.54, 1.807) is 0 Å². The second-order valence-electron chi connectivity index (χ2n) is 5.58. The molecule has 1 aromatic carbocycles. The number of rotatable bonds is 3. The summed E-state index contributed by atoms with van der Waals surface area (Å²) in [5.41, 5.74) is 8.76. The monoisotopic (exact) mass is 261 g/mol. The van der Waals surface area contributed by atoms with E-state index < -0.39 is 5.60 Å². The van der Waals surface area contributed by atoms with Crippen molar-refractivity contribution < 1.29 is 9.90 Å². The summed E-state index contributed by atoms with van der Waals surface area (Å²) in [6, 6.07) is 3.77. The lowest BCUT2D eigenvalue weighted by molar-refractivity contribution is -0.116. The van der Waals surface area contributed by atoms with E-state index >= 15 is 0 Å². The van der Waals surface area contributed by atoms with Crippen molar-refractivity contribution in [2.45, 2.75) is 37.7 Å². The van der Waals surface area contributed by atoms with Crippen LogP contribution in [0.25, 0.3) is 0 Å². The fraction of sp³-hybridized carbons (Fsp3) is 0.500. The molecule has 0 radical (unpaired) electrons. The Labute approximate surface area is 112 Å². The first-order valence-electron chi connectivity index (χ1n) is 6.74. The summed E-state index contributed by atoms with van der Waals surface area (Å²) in [5.74, 6) is 0.0424. The van der Waals surface area contributed by atoms with Crippen molar-refractivity contribution in [1.82, 2.24) is 0 Å². The van der Waals surface area contributed by atoms with Crippen LogP contribution in [0.4, 0.5) is 17.1 Å². The highest BCUT2D eigenvalue weighted by Gasteiger charge is 2.34. The molecule has 5 heteroatoms. The number of fused-ring (bicyclic) bond motifs is 1. The van der Waals surface area contributed by atoms with Gasteiger partial charge in [-0.05, 0) is 43.4 Å². The first kappa shape index (κ1) is 12.3. The maximum absolute atomic E-state index is 11.4. The molecular formula is C14H19N3O2. The van der Waals surface area contributed by atoms with E-state index in [1.165, 1.54) is 0 Å². The van der Waals surface area contributed by atoms with Gasteiger partial charge in [0.2, 0.25) is 5.91 Å². The zero-order valence-corrected chi connectivity index (χ0v) is 10.8. The molecule has 0 saturated heterocycles. The fourth-order valence-corrected chi connectivity index (χ4v) is 2.62. The van der Waals surface area contributed by atoms with Crippen LogP contribution in [0.3, 0.4) is 0 Å². The number of nitrogen functional groups attached to an aromatic ring is 1. The van der Waals surface area contributed by atoms with Gasteiger partial charge in [0.1, 0.15) is 0 Å². The quantitative estimate of drug-likeness (QED) is 0.621. The molecule has 0 spiro atoms. The number of hydrogen-bond acceptors (Lipinski definition) is 4. The van der Waals surface area contributed by atoms with E-state index in [0.29, 0.717) is 18.7 Å². The first-order chi connectivity index (χ1) is 9.06. The van der Waals surface area contributed by atoms with E-state index in [9.17, 15) is 9.90 Å². The summed E-state index contributed by atoms with van der Waals surface area (Å²) in [4.78, 5) is 11.4. The molecule has 102 valence electrons. The SMILES string of the molecule is Nc1cc2c(cc1NCC1(O)CCC1)NC(=O)CC2. The molecule has 0 bridgehead atoms. The minimum atomic E-state index is -0.592. The molecule has 19 heavy (non-hydrogen) atoms. The van der Waals surface area contributed by atoms with Crippen LogP contribution < -0.4 is 16.4 Å². The number of nitrogens with one attached hydrogen (secondary N) is 2. The predicted octanol–water partition coefficient (Wildman–Crippen LogP) is 1.48. The van der Waals surface area contributed by atoms with Crippen molar-refractivity contribution in [3.05, 3.63) is 17.7 Å². The molecule has 1 fully saturated rings. The average Bonchev–Trinajstić information content (AvgIpc) is 2.34. The van der Waals surface area contributed by atoms with Gasteiger partial charge in [0.05, 0.1) is 17.0 Å². The fourth-order valence-electron chi connectivity index (χ4n) is 2.62. The number of nitrogens with two attached hydrogens (primary N) is 1. The molecule has 1 aliphatic carbocycles. The summed E-state index contributed by atoms with van der Waals surface area (Å²) in [5, 5.41) is 16.1. The smallest absolute Gasteiger partial charge is 0.224 e. The normalized spacial score (nSPS) is 20.2. The van der Waals surface area contributed by atoms with E-state index in [1.807, 2.05) is 12.1 Å². The lowest BCUT2D eigenvalue weighted by atomic mass is 9.80. The molecule has 5 nitrogen and oxygen atoms in total. The minimum absolute atomic E-state index is 0.0424. The van der Waals surface area contributed by atoms with Crippen LogP contribution in [0.5, 0.6) is 0 Å². The van der Waals surface area contributed by atoms with Crippen molar-refractivity contribution in [1.29, 1.82) is 0 Å². The van der Waals surface area contributed by atoms with Crippen molar-refractivity contribution in [2.24, 2.45) is 0 Å². The molecule has 1 aliphatic heterocycles. The van der Waals surface area contributed by atoms with Gasteiger partial charge in [-0.15, -0.1) is 0 Å². The van der Waals surface area contributed by atoms with E-state index in [2.05, 4.69) is 10.6 Å². The number of hydrogen-bond donors (Lipinski definition) is 4. The zero-order valence-electron chi connectivity index (χ0n) is 10.8. The van der Waals surface area contributed by atoms with Gasteiger partial charge in [0, 0.05) is 18.7 Å². The number of aliphatic hydroxyl groups is 1. The van der Waals surface area contributed by atoms with E-state index in [4.69, 9.17) is 5.73 Å². The Morgan fingerprint density at radius 1 is 1.37 bits per heavy atom. The predicted molar refractivity (Wildman–Crippen MR) is 75.1 cm³/mol. The molecule has 3 rings (SSSR count). The Hall–Kier alpha value is -1.75. The highest BCUT2D eigenvalue weighted by Crippen LogP contribution is 2.34. The Morgan fingerprint density at radius 3 is 2.84 bits per heavy atom. The maximum Gasteiger partial charge on any atom is 0.224 e. The first-order valence-corrected chi connectivity index (χ1v) is 6.74. The van der Waals surface area contributed by atoms with Crippen molar-refractivity contribution in [3.8, 4) is 0 Å². The largest absolute Gasteiger partial charge is 0.397 e. The van der Waals surface area contributed by atoms with Crippen LogP contribution in [-0.4, -0.2) is 23.2 Å². The summed E-state index contributed by atoms with van der Waals surface area (Å²) in [6.45, 7) is 0.504. The highest BCUT2D eigenvalue weighted by atomic mass is 16.3. The van der Waals surface area contributed by atoms with Crippen LogP contribution in [0.1, 0.15) is 31.2 Å². The number of aryl methyl sites for hydroxylation is 1. The minimum Gasteiger partial charge on any atom is -0.397 e. The third-order valence-electron chi connectivity index (χ3n) is 4.06. The van der Waals surface area contributed by atoms with Gasteiger partial charge in [-0.2, -0.15) is 0 Å².